The smallest absolute Gasteiger partial charge is 0.407 e. The molecule has 0 aliphatic carbocycles. The van der Waals surface area contributed by atoms with Gasteiger partial charge in [-0.1, -0.05) is 0 Å². The molecule has 1 saturated heterocycles. The number of esters is 1. The number of ether oxygens (including phenoxy) is 1. The highest BCUT2D eigenvalue weighted by molar-refractivity contribution is 5.96. The van der Waals surface area contributed by atoms with Gasteiger partial charge in [0.05, 0.1) is 23.3 Å². The molecule has 118 valence electrons. The van der Waals surface area contributed by atoms with Crippen LogP contribution in [0.3, 0.4) is 0 Å². The number of carboxylic acid groups (broad SMARTS) is 1. The maximum atomic E-state index is 11.8. The van der Waals surface area contributed by atoms with Crippen LogP contribution < -0.4 is 4.90 Å². The average Bonchev–Trinajstić information content (AvgIpc) is 2.53. The van der Waals surface area contributed by atoms with Gasteiger partial charge < -0.3 is 19.6 Å². The molecule has 0 aromatic heterocycles. The van der Waals surface area contributed by atoms with E-state index in [1.807, 2.05) is 4.90 Å². The first-order chi connectivity index (χ1) is 10.4. The van der Waals surface area contributed by atoms with Crippen molar-refractivity contribution in [3.05, 3.63) is 33.9 Å². The predicted octanol–water partition coefficient (Wildman–Crippen LogP) is 1.18. The summed E-state index contributed by atoms with van der Waals surface area (Å²) in [6, 6.07) is 3.97. The number of methoxy groups -OCH3 is 1. The number of carbonyl (C=O) groups is 2. The summed E-state index contributed by atoms with van der Waals surface area (Å²) in [4.78, 5) is 36.1. The van der Waals surface area contributed by atoms with Crippen LogP contribution in [0.15, 0.2) is 18.2 Å². The van der Waals surface area contributed by atoms with Gasteiger partial charge in [-0.3, -0.25) is 10.1 Å². The van der Waals surface area contributed by atoms with Crippen molar-refractivity contribution in [3.8, 4) is 0 Å². The first kappa shape index (κ1) is 15.5. The maximum Gasteiger partial charge on any atom is 0.407 e. The van der Waals surface area contributed by atoms with Crippen LogP contribution in [-0.4, -0.2) is 60.3 Å². The maximum absolute atomic E-state index is 11.8. The number of amides is 1. The van der Waals surface area contributed by atoms with Gasteiger partial charge in [0.15, 0.2) is 0 Å². The molecule has 22 heavy (non-hydrogen) atoms. The molecule has 0 saturated carbocycles. The second-order valence-electron chi connectivity index (χ2n) is 4.71. The second-order valence-corrected chi connectivity index (χ2v) is 4.71. The summed E-state index contributed by atoms with van der Waals surface area (Å²) in [6.45, 7) is 1.39. The van der Waals surface area contributed by atoms with Crippen LogP contribution in [0.4, 0.5) is 16.2 Å². The number of nitrogens with zero attached hydrogens (tertiary/aromatic N) is 3. The molecule has 1 N–H and O–H groups in total. The highest BCUT2D eigenvalue weighted by atomic mass is 16.6. The highest BCUT2D eigenvalue weighted by Gasteiger charge is 2.25. The Kier molecular flexibility index (Phi) is 4.44. The van der Waals surface area contributed by atoms with Crippen LogP contribution >= 0.6 is 0 Å². The van der Waals surface area contributed by atoms with Crippen molar-refractivity contribution in [2.75, 3.05) is 38.2 Å². The van der Waals surface area contributed by atoms with Gasteiger partial charge in [-0.2, -0.15) is 0 Å². The number of rotatable bonds is 3. The standard InChI is InChI=1S/C13H15N3O6/c1-22-12(17)10-8-9(16(20)21)2-3-11(10)14-4-6-15(7-5-14)13(18)19/h2-3,8H,4-7H2,1H3,(H,18,19). The zero-order valence-corrected chi connectivity index (χ0v) is 11.9. The van der Waals surface area contributed by atoms with Crippen LogP contribution in [0.5, 0.6) is 0 Å². The van der Waals surface area contributed by atoms with E-state index in [0.29, 0.717) is 31.9 Å². The zero-order valence-electron chi connectivity index (χ0n) is 11.9. The Labute approximate surface area is 125 Å². The lowest BCUT2D eigenvalue weighted by molar-refractivity contribution is -0.384. The Morgan fingerprint density at radius 1 is 1.27 bits per heavy atom. The van der Waals surface area contributed by atoms with Crippen molar-refractivity contribution in [2.45, 2.75) is 0 Å². The summed E-state index contributed by atoms with van der Waals surface area (Å²) in [6.07, 6.45) is -0.989. The Balaban J connectivity index is 2.29. The van der Waals surface area contributed by atoms with E-state index >= 15 is 0 Å². The van der Waals surface area contributed by atoms with Crippen molar-refractivity contribution in [2.24, 2.45) is 0 Å². The molecule has 1 fully saturated rings. The van der Waals surface area contributed by atoms with E-state index in [9.17, 15) is 19.7 Å². The second kappa shape index (κ2) is 6.29. The minimum atomic E-state index is -0.989. The minimum absolute atomic E-state index is 0.0977. The monoisotopic (exact) mass is 309 g/mol. The Hall–Kier alpha value is -2.84. The number of piperazine rings is 1. The molecule has 0 radical (unpaired) electrons. The molecule has 9 nitrogen and oxygen atoms in total. The third-order valence-corrected chi connectivity index (χ3v) is 3.49. The number of hydrogen-bond acceptors (Lipinski definition) is 6. The van der Waals surface area contributed by atoms with Gasteiger partial charge >= 0.3 is 12.1 Å². The van der Waals surface area contributed by atoms with Crippen molar-refractivity contribution >= 4 is 23.4 Å². The third kappa shape index (κ3) is 3.08. The fourth-order valence-electron chi connectivity index (χ4n) is 2.33. The fourth-order valence-corrected chi connectivity index (χ4v) is 2.33. The quantitative estimate of drug-likeness (QED) is 0.506. The van der Waals surface area contributed by atoms with Crippen LogP contribution in [0.2, 0.25) is 0 Å². The lowest BCUT2D eigenvalue weighted by Crippen LogP contribution is -2.48. The zero-order chi connectivity index (χ0) is 16.3. The van der Waals surface area contributed by atoms with Crippen LogP contribution in [0.1, 0.15) is 10.4 Å². The summed E-state index contributed by atoms with van der Waals surface area (Å²) in [7, 11) is 1.20. The number of hydrogen-bond donors (Lipinski definition) is 1. The van der Waals surface area contributed by atoms with Crippen LogP contribution in [-0.2, 0) is 4.74 Å². The molecule has 1 aliphatic rings. The lowest BCUT2D eigenvalue weighted by atomic mass is 10.1. The van der Waals surface area contributed by atoms with Gasteiger partial charge in [-0.05, 0) is 6.07 Å². The van der Waals surface area contributed by atoms with E-state index in [1.165, 1.54) is 30.2 Å². The molecule has 0 atom stereocenters. The largest absolute Gasteiger partial charge is 0.465 e. The van der Waals surface area contributed by atoms with Gasteiger partial charge in [-0.15, -0.1) is 0 Å². The van der Waals surface area contributed by atoms with Crippen molar-refractivity contribution in [1.29, 1.82) is 0 Å². The molecule has 1 aromatic rings. The average molecular weight is 309 g/mol. The van der Waals surface area contributed by atoms with Crippen molar-refractivity contribution in [1.82, 2.24) is 4.90 Å². The minimum Gasteiger partial charge on any atom is -0.465 e. The molecule has 2 rings (SSSR count). The molecule has 9 heteroatoms. The third-order valence-electron chi connectivity index (χ3n) is 3.49. The number of anilines is 1. The summed E-state index contributed by atoms with van der Waals surface area (Å²) >= 11 is 0. The van der Waals surface area contributed by atoms with E-state index < -0.39 is 17.0 Å². The molecule has 0 unspecified atom stereocenters. The molecule has 0 bridgehead atoms. The number of benzene rings is 1. The van der Waals surface area contributed by atoms with Gasteiger partial charge in [0.1, 0.15) is 0 Å². The lowest BCUT2D eigenvalue weighted by Gasteiger charge is -2.35. The number of non-ortho nitro benzene ring substituents is 1. The van der Waals surface area contributed by atoms with Gasteiger partial charge in [0.2, 0.25) is 0 Å². The molecule has 1 amide bonds. The van der Waals surface area contributed by atoms with Gasteiger partial charge in [-0.25, -0.2) is 9.59 Å². The van der Waals surface area contributed by atoms with Crippen LogP contribution in [0, 0.1) is 10.1 Å². The van der Waals surface area contributed by atoms with E-state index in [2.05, 4.69) is 4.74 Å². The van der Waals surface area contributed by atoms with Crippen LogP contribution in [0.25, 0.3) is 0 Å². The van der Waals surface area contributed by atoms with E-state index in [0.717, 1.165) is 0 Å². The fraction of sp³-hybridized carbons (Fsp3) is 0.385. The van der Waals surface area contributed by atoms with Gasteiger partial charge in [0, 0.05) is 38.3 Å². The number of nitro benzene ring substituents is 1. The van der Waals surface area contributed by atoms with E-state index in [1.54, 1.807) is 0 Å². The summed E-state index contributed by atoms with van der Waals surface area (Å²) in [5.74, 6) is -0.667. The highest BCUT2D eigenvalue weighted by Crippen LogP contribution is 2.27. The molecule has 0 spiro atoms. The topological polar surface area (TPSA) is 113 Å². The Morgan fingerprint density at radius 2 is 1.91 bits per heavy atom. The first-order valence-corrected chi connectivity index (χ1v) is 6.53. The molecule has 1 aliphatic heterocycles. The normalized spacial score (nSPS) is 14.6. The van der Waals surface area contributed by atoms with Gasteiger partial charge in [0.25, 0.3) is 5.69 Å². The van der Waals surface area contributed by atoms with E-state index in [4.69, 9.17) is 5.11 Å². The first-order valence-electron chi connectivity index (χ1n) is 6.53. The summed E-state index contributed by atoms with van der Waals surface area (Å²) in [5.41, 5.74) is 0.399. The van der Waals surface area contributed by atoms with E-state index in [-0.39, 0.29) is 11.3 Å². The molecular weight excluding hydrogens is 294 g/mol. The van der Waals surface area contributed by atoms with Crippen molar-refractivity contribution < 1.29 is 24.4 Å². The molecule has 1 aromatic carbocycles. The van der Waals surface area contributed by atoms with Crippen molar-refractivity contribution in [3.63, 3.8) is 0 Å². The predicted molar refractivity (Wildman–Crippen MR) is 76.2 cm³/mol. The SMILES string of the molecule is COC(=O)c1cc([N+](=O)[O-])ccc1N1CCN(C(=O)O)CC1. The Morgan fingerprint density at radius 3 is 2.41 bits per heavy atom. The molecular formula is C13H15N3O6. The number of nitro groups is 1. The number of carbonyl (C=O) groups excluding carboxylic acids is 1. The molecule has 1 heterocycles. The Bertz CT molecular complexity index is 610. The summed E-state index contributed by atoms with van der Waals surface area (Å²) in [5, 5.41) is 19.8. The summed E-state index contributed by atoms with van der Waals surface area (Å²) < 4.78 is 4.67.